The van der Waals surface area contributed by atoms with Crippen molar-refractivity contribution in [2.45, 2.75) is 31.8 Å². The number of amides is 1. The second-order valence-electron chi connectivity index (χ2n) is 5.13. The maximum absolute atomic E-state index is 11.7. The van der Waals surface area contributed by atoms with E-state index in [-0.39, 0.29) is 17.7 Å². The molecule has 1 amide bonds. The first-order chi connectivity index (χ1) is 9.51. The van der Waals surface area contributed by atoms with Crippen LogP contribution in [0.25, 0.3) is 0 Å². The Morgan fingerprint density at radius 3 is 2.80 bits per heavy atom. The molecule has 1 aromatic heterocycles. The molecule has 0 radical (unpaired) electrons. The van der Waals surface area contributed by atoms with Crippen LogP contribution in [-0.4, -0.2) is 43.5 Å². The molecule has 0 bridgehead atoms. The van der Waals surface area contributed by atoms with Crippen molar-refractivity contribution in [2.24, 2.45) is 0 Å². The van der Waals surface area contributed by atoms with Crippen molar-refractivity contribution in [1.29, 1.82) is 0 Å². The Balaban J connectivity index is 1.91. The number of esters is 1. The van der Waals surface area contributed by atoms with Crippen LogP contribution >= 0.6 is 0 Å². The Bertz CT molecular complexity index is 493. The zero-order valence-electron chi connectivity index (χ0n) is 12.0. The molecule has 1 heterocycles. The molecule has 20 heavy (non-hydrogen) atoms. The third kappa shape index (κ3) is 3.60. The van der Waals surface area contributed by atoms with Gasteiger partial charge in [-0.3, -0.25) is 9.69 Å². The number of likely N-dealkylation sites (N-methyl/N-ethyl adjacent to an activating group) is 1. The van der Waals surface area contributed by atoms with Gasteiger partial charge in [-0.05, 0) is 38.9 Å². The molecule has 0 aliphatic heterocycles. The summed E-state index contributed by atoms with van der Waals surface area (Å²) in [6, 6.07) is 3.57. The number of carbonyl (C=O) groups is 2. The van der Waals surface area contributed by atoms with Gasteiger partial charge in [-0.2, -0.15) is 0 Å². The van der Waals surface area contributed by atoms with Gasteiger partial charge in [-0.15, -0.1) is 0 Å². The van der Waals surface area contributed by atoms with E-state index in [1.165, 1.54) is 7.11 Å². The fraction of sp³-hybridized carbons (Fsp3) is 0.571. The summed E-state index contributed by atoms with van der Waals surface area (Å²) in [5, 5.41) is 2.94. The fourth-order valence-electron chi connectivity index (χ4n) is 1.87. The van der Waals surface area contributed by atoms with Gasteiger partial charge < -0.3 is 14.5 Å². The highest BCUT2D eigenvalue weighted by Gasteiger charge is 2.25. The lowest BCUT2D eigenvalue weighted by molar-refractivity contribution is -0.122. The number of methoxy groups -OCH3 is 1. The number of hydrogen-bond acceptors (Lipinski definition) is 5. The maximum Gasteiger partial charge on any atom is 0.373 e. The Labute approximate surface area is 118 Å². The van der Waals surface area contributed by atoms with Crippen molar-refractivity contribution in [3.63, 3.8) is 0 Å². The number of nitrogens with one attached hydrogen (secondary N) is 1. The van der Waals surface area contributed by atoms with E-state index in [4.69, 9.17) is 4.42 Å². The van der Waals surface area contributed by atoms with Gasteiger partial charge in [0.05, 0.1) is 19.7 Å². The monoisotopic (exact) mass is 280 g/mol. The molecule has 0 saturated heterocycles. The van der Waals surface area contributed by atoms with E-state index in [0.717, 1.165) is 12.8 Å². The van der Waals surface area contributed by atoms with Crippen molar-refractivity contribution in [1.82, 2.24) is 10.2 Å². The Hall–Kier alpha value is -1.82. The van der Waals surface area contributed by atoms with Crippen LogP contribution in [0.15, 0.2) is 16.5 Å². The van der Waals surface area contributed by atoms with E-state index in [0.29, 0.717) is 18.3 Å². The van der Waals surface area contributed by atoms with Crippen molar-refractivity contribution >= 4 is 11.9 Å². The summed E-state index contributed by atoms with van der Waals surface area (Å²) in [5.74, 6) is 0.316. The van der Waals surface area contributed by atoms with Gasteiger partial charge in [0.25, 0.3) is 0 Å². The third-order valence-corrected chi connectivity index (χ3v) is 3.42. The van der Waals surface area contributed by atoms with Gasteiger partial charge in [-0.1, -0.05) is 0 Å². The average molecular weight is 280 g/mol. The predicted molar refractivity (Wildman–Crippen MR) is 72.3 cm³/mol. The average Bonchev–Trinajstić information content (AvgIpc) is 3.09. The van der Waals surface area contributed by atoms with Gasteiger partial charge in [0.1, 0.15) is 5.76 Å². The Morgan fingerprint density at radius 2 is 2.20 bits per heavy atom. The van der Waals surface area contributed by atoms with Gasteiger partial charge in [0.2, 0.25) is 11.7 Å². The second-order valence-corrected chi connectivity index (χ2v) is 5.13. The van der Waals surface area contributed by atoms with Crippen molar-refractivity contribution < 1.29 is 18.7 Å². The van der Waals surface area contributed by atoms with E-state index >= 15 is 0 Å². The van der Waals surface area contributed by atoms with Crippen LogP contribution in [0.3, 0.4) is 0 Å². The fourth-order valence-corrected chi connectivity index (χ4v) is 1.87. The summed E-state index contributed by atoms with van der Waals surface area (Å²) in [5.41, 5.74) is 0. The van der Waals surface area contributed by atoms with Gasteiger partial charge in [0, 0.05) is 6.04 Å². The summed E-state index contributed by atoms with van der Waals surface area (Å²) in [6.07, 6.45) is 2.15. The second kappa shape index (κ2) is 6.09. The zero-order valence-corrected chi connectivity index (χ0v) is 12.0. The summed E-state index contributed by atoms with van der Waals surface area (Å²) >= 11 is 0. The van der Waals surface area contributed by atoms with Gasteiger partial charge in [-0.25, -0.2) is 4.79 Å². The quantitative estimate of drug-likeness (QED) is 0.796. The first-order valence-corrected chi connectivity index (χ1v) is 6.69. The number of carbonyl (C=O) groups excluding carboxylic acids is 2. The highest BCUT2D eigenvalue weighted by atomic mass is 16.5. The standard InChI is InChI=1S/C14H20N2O4/c1-9(11-6-7-12(20-11)14(18)19-3)16(2)8-13(17)15-10-4-5-10/h6-7,9-10H,4-5,8H2,1-3H3,(H,15,17). The molecule has 0 aromatic carbocycles. The molecule has 110 valence electrons. The van der Waals surface area contributed by atoms with E-state index in [9.17, 15) is 9.59 Å². The molecule has 1 aliphatic carbocycles. The van der Waals surface area contributed by atoms with Crippen LogP contribution in [0.1, 0.15) is 42.1 Å². The van der Waals surface area contributed by atoms with Crippen LogP contribution in [0, 0.1) is 0 Å². The summed E-state index contributed by atoms with van der Waals surface area (Å²) in [6.45, 7) is 2.22. The van der Waals surface area contributed by atoms with E-state index in [1.54, 1.807) is 12.1 Å². The minimum absolute atomic E-state index is 0.0154. The third-order valence-electron chi connectivity index (χ3n) is 3.42. The van der Waals surface area contributed by atoms with Crippen molar-refractivity contribution in [3.8, 4) is 0 Å². The number of furan rings is 1. The predicted octanol–water partition coefficient (Wildman–Crippen LogP) is 1.34. The van der Waals surface area contributed by atoms with Gasteiger partial charge >= 0.3 is 5.97 Å². The topological polar surface area (TPSA) is 71.8 Å². The van der Waals surface area contributed by atoms with Crippen LogP contribution in [-0.2, 0) is 9.53 Å². The largest absolute Gasteiger partial charge is 0.463 e. The van der Waals surface area contributed by atoms with Gasteiger partial charge in [0.15, 0.2) is 0 Å². The van der Waals surface area contributed by atoms with Crippen molar-refractivity contribution in [3.05, 3.63) is 23.7 Å². The molecule has 1 atom stereocenters. The molecular weight excluding hydrogens is 260 g/mol. The molecule has 1 N–H and O–H groups in total. The summed E-state index contributed by atoms with van der Waals surface area (Å²) in [7, 11) is 3.15. The van der Waals surface area contributed by atoms with Crippen molar-refractivity contribution in [2.75, 3.05) is 20.7 Å². The molecule has 1 aliphatic rings. The normalized spacial score (nSPS) is 16.0. The summed E-state index contributed by atoms with van der Waals surface area (Å²) < 4.78 is 10.0. The Kier molecular flexibility index (Phi) is 4.44. The molecule has 6 nitrogen and oxygen atoms in total. The molecular formula is C14H20N2O4. The highest BCUT2D eigenvalue weighted by molar-refractivity contribution is 5.86. The lowest BCUT2D eigenvalue weighted by Crippen LogP contribution is -2.37. The number of nitrogens with zero attached hydrogens (tertiary/aromatic N) is 1. The highest BCUT2D eigenvalue weighted by Crippen LogP contribution is 2.22. The Morgan fingerprint density at radius 1 is 1.50 bits per heavy atom. The maximum atomic E-state index is 11.7. The lowest BCUT2D eigenvalue weighted by atomic mass is 10.2. The molecule has 2 rings (SSSR count). The molecule has 1 saturated carbocycles. The molecule has 1 aromatic rings. The van der Waals surface area contributed by atoms with Crippen LogP contribution in [0.5, 0.6) is 0 Å². The molecule has 1 unspecified atom stereocenters. The first-order valence-electron chi connectivity index (χ1n) is 6.69. The van der Waals surface area contributed by atoms with E-state index in [1.807, 2.05) is 18.9 Å². The smallest absolute Gasteiger partial charge is 0.373 e. The molecule has 1 fully saturated rings. The molecule has 0 spiro atoms. The first kappa shape index (κ1) is 14.6. The van der Waals surface area contributed by atoms with Crippen LogP contribution in [0.4, 0.5) is 0 Å². The van der Waals surface area contributed by atoms with Crippen LogP contribution in [0.2, 0.25) is 0 Å². The minimum Gasteiger partial charge on any atom is -0.463 e. The van der Waals surface area contributed by atoms with E-state index in [2.05, 4.69) is 10.1 Å². The minimum atomic E-state index is -0.502. The lowest BCUT2D eigenvalue weighted by Gasteiger charge is -2.22. The van der Waals surface area contributed by atoms with Crippen LogP contribution < -0.4 is 5.32 Å². The summed E-state index contributed by atoms with van der Waals surface area (Å²) in [4.78, 5) is 24.9. The zero-order chi connectivity index (χ0) is 14.7. The number of rotatable bonds is 6. The van der Waals surface area contributed by atoms with E-state index < -0.39 is 5.97 Å². The number of hydrogen-bond donors (Lipinski definition) is 1. The SMILES string of the molecule is COC(=O)c1ccc(C(C)N(C)CC(=O)NC2CC2)o1. The number of ether oxygens (including phenoxy) is 1. The molecule has 6 heteroatoms.